The summed E-state index contributed by atoms with van der Waals surface area (Å²) >= 11 is 0. The van der Waals surface area contributed by atoms with Gasteiger partial charge in [0.1, 0.15) is 17.7 Å². The summed E-state index contributed by atoms with van der Waals surface area (Å²) in [6.07, 6.45) is 6.96. The Morgan fingerprint density at radius 1 is 1.07 bits per heavy atom. The highest BCUT2D eigenvalue weighted by Crippen LogP contribution is 2.28. The van der Waals surface area contributed by atoms with Crippen molar-refractivity contribution in [1.82, 2.24) is 15.6 Å². The monoisotopic (exact) mass is 390 g/mol. The lowest BCUT2D eigenvalue weighted by Crippen LogP contribution is -2.47. The lowest BCUT2D eigenvalue weighted by atomic mass is 9.92. The first-order valence-corrected chi connectivity index (χ1v) is 10.4. The van der Waals surface area contributed by atoms with Crippen LogP contribution in [0.4, 0.5) is 0 Å². The average Bonchev–Trinajstić information content (AvgIpc) is 3.27. The fourth-order valence-electron chi connectivity index (χ4n) is 4.25. The van der Waals surface area contributed by atoms with Crippen LogP contribution in [0.1, 0.15) is 55.7 Å². The van der Waals surface area contributed by atoms with Crippen molar-refractivity contribution in [3.05, 3.63) is 59.8 Å². The molecule has 6 nitrogen and oxygen atoms in total. The molecule has 1 aliphatic carbocycles. The minimum atomic E-state index is -0.124. The van der Waals surface area contributed by atoms with Crippen molar-refractivity contribution in [2.75, 3.05) is 0 Å². The first kappa shape index (κ1) is 19.4. The van der Waals surface area contributed by atoms with Crippen LogP contribution in [-0.2, 0) is 4.79 Å². The van der Waals surface area contributed by atoms with Gasteiger partial charge in [-0.05, 0) is 56.2 Å². The molecule has 2 atom stereocenters. The van der Waals surface area contributed by atoms with Gasteiger partial charge in [0, 0.05) is 18.3 Å². The molecular weight excluding hydrogens is 364 g/mol. The second-order valence-corrected chi connectivity index (χ2v) is 7.83. The molecule has 29 heavy (non-hydrogen) atoms. The van der Waals surface area contributed by atoms with Crippen molar-refractivity contribution < 1.29 is 9.53 Å². The topological polar surface area (TPSA) is 87.0 Å². The molecule has 2 N–H and O–H groups in total. The van der Waals surface area contributed by atoms with Crippen molar-refractivity contribution in [2.45, 2.75) is 62.8 Å². The molecule has 0 unspecified atom stereocenters. The summed E-state index contributed by atoms with van der Waals surface area (Å²) in [5, 5.41) is 15.9. The molecule has 1 saturated carbocycles. The van der Waals surface area contributed by atoms with Crippen LogP contribution >= 0.6 is 0 Å². The van der Waals surface area contributed by atoms with Gasteiger partial charge in [0.15, 0.2) is 0 Å². The zero-order valence-electron chi connectivity index (χ0n) is 16.4. The van der Waals surface area contributed by atoms with Gasteiger partial charge in [-0.1, -0.05) is 30.3 Å². The number of hydrogen-bond acceptors (Lipinski definition) is 5. The number of nitrogens with one attached hydrogen (secondary N) is 2. The summed E-state index contributed by atoms with van der Waals surface area (Å²) in [6.45, 7) is 0. The molecule has 4 rings (SSSR count). The molecule has 1 saturated heterocycles. The molecule has 2 aromatic rings. The average molecular weight is 390 g/mol. The van der Waals surface area contributed by atoms with Crippen LogP contribution in [0.15, 0.2) is 48.7 Å². The van der Waals surface area contributed by atoms with Crippen molar-refractivity contribution in [1.29, 1.82) is 5.26 Å². The molecule has 1 aromatic heterocycles. The highest BCUT2D eigenvalue weighted by Gasteiger charge is 2.32. The highest BCUT2D eigenvalue weighted by molar-refractivity contribution is 5.82. The van der Waals surface area contributed by atoms with E-state index in [2.05, 4.69) is 33.8 Å². The fraction of sp³-hybridized carbons (Fsp3) is 0.435. The second-order valence-electron chi connectivity index (χ2n) is 7.83. The van der Waals surface area contributed by atoms with Crippen LogP contribution in [0.3, 0.4) is 0 Å². The summed E-state index contributed by atoms with van der Waals surface area (Å²) in [5.41, 5.74) is 1.70. The van der Waals surface area contributed by atoms with E-state index in [1.54, 1.807) is 18.3 Å². The molecule has 2 fully saturated rings. The number of benzene rings is 1. The first-order valence-electron chi connectivity index (χ1n) is 10.4. The van der Waals surface area contributed by atoms with Gasteiger partial charge in [-0.15, -0.1) is 0 Å². The molecule has 0 spiro atoms. The number of hydrogen-bond donors (Lipinski definition) is 2. The maximum Gasteiger partial charge on any atom is 0.237 e. The number of pyridine rings is 1. The Morgan fingerprint density at radius 2 is 1.86 bits per heavy atom. The van der Waals surface area contributed by atoms with Crippen molar-refractivity contribution in [2.24, 2.45) is 0 Å². The van der Waals surface area contributed by atoms with Crippen LogP contribution in [0.2, 0.25) is 0 Å². The van der Waals surface area contributed by atoms with Gasteiger partial charge in [0.05, 0.1) is 6.04 Å². The van der Waals surface area contributed by atoms with E-state index in [0.29, 0.717) is 11.4 Å². The number of ether oxygens (including phenoxy) is 1. The van der Waals surface area contributed by atoms with Gasteiger partial charge >= 0.3 is 0 Å². The molecule has 2 heterocycles. The summed E-state index contributed by atoms with van der Waals surface area (Å²) in [5.74, 6) is 0.508. The quantitative estimate of drug-likeness (QED) is 0.818. The van der Waals surface area contributed by atoms with Gasteiger partial charge in [-0.3, -0.25) is 10.1 Å². The largest absolute Gasteiger partial charge is 0.473 e. The summed E-state index contributed by atoms with van der Waals surface area (Å²) < 4.78 is 5.93. The molecule has 6 heteroatoms. The molecule has 0 bridgehead atoms. The van der Waals surface area contributed by atoms with Gasteiger partial charge in [-0.2, -0.15) is 5.26 Å². The third kappa shape index (κ3) is 4.75. The van der Waals surface area contributed by atoms with E-state index in [-0.39, 0.29) is 30.1 Å². The summed E-state index contributed by atoms with van der Waals surface area (Å²) in [4.78, 5) is 16.9. The van der Waals surface area contributed by atoms with E-state index in [9.17, 15) is 4.79 Å². The Bertz CT molecular complexity index is 872. The molecule has 1 aromatic carbocycles. The minimum absolute atomic E-state index is 0.0391. The number of aromatic nitrogens is 1. The van der Waals surface area contributed by atoms with E-state index >= 15 is 0 Å². The normalized spacial score (nSPS) is 26.4. The van der Waals surface area contributed by atoms with Crippen LogP contribution in [-0.4, -0.2) is 29.1 Å². The predicted octanol–water partition coefficient (Wildman–Crippen LogP) is 3.25. The van der Waals surface area contributed by atoms with Gasteiger partial charge in [0.25, 0.3) is 0 Å². The minimum Gasteiger partial charge on any atom is -0.473 e. The second kappa shape index (κ2) is 9.06. The smallest absolute Gasteiger partial charge is 0.237 e. The number of carbonyl (C=O) groups excluding carboxylic acids is 1. The number of nitrogens with zero attached hydrogens (tertiary/aromatic N) is 2. The zero-order valence-corrected chi connectivity index (χ0v) is 16.4. The SMILES string of the molecule is N#Cc1cccnc1OC1CCC(NC(=O)[C@@H]2CC[C@@H](c3ccccc3)N2)CC1. The molecule has 1 amide bonds. The molecular formula is C23H26N4O2. The standard InChI is InChI=1S/C23H26N4O2/c24-15-17-7-4-14-25-23(17)29-19-10-8-18(9-11-19)26-22(28)21-13-12-20(27-21)16-5-2-1-3-6-16/h1-7,14,18-21,27H,8-13H2,(H,26,28)/t18?,19?,20-,21-/m0/s1. The molecule has 1 aliphatic heterocycles. The van der Waals surface area contributed by atoms with Gasteiger partial charge in [-0.25, -0.2) is 4.98 Å². The first-order chi connectivity index (χ1) is 14.2. The summed E-state index contributed by atoms with van der Waals surface area (Å²) in [7, 11) is 0. The Balaban J connectivity index is 1.24. The van der Waals surface area contributed by atoms with Crippen molar-refractivity contribution in [3.8, 4) is 11.9 Å². The van der Waals surface area contributed by atoms with E-state index in [1.165, 1.54) is 5.56 Å². The van der Waals surface area contributed by atoms with Gasteiger partial charge < -0.3 is 10.1 Å². The van der Waals surface area contributed by atoms with Crippen LogP contribution in [0, 0.1) is 11.3 Å². The van der Waals surface area contributed by atoms with Gasteiger partial charge in [0.2, 0.25) is 11.8 Å². The van der Waals surface area contributed by atoms with E-state index < -0.39 is 0 Å². The highest BCUT2D eigenvalue weighted by atomic mass is 16.5. The van der Waals surface area contributed by atoms with E-state index in [1.807, 2.05) is 18.2 Å². The maximum atomic E-state index is 12.7. The fourth-order valence-corrected chi connectivity index (χ4v) is 4.25. The van der Waals surface area contributed by atoms with Crippen molar-refractivity contribution >= 4 is 5.91 Å². The number of amides is 1. The van der Waals surface area contributed by atoms with Crippen LogP contribution in [0.25, 0.3) is 0 Å². The van der Waals surface area contributed by atoms with Crippen LogP contribution in [0.5, 0.6) is 5.88 Å². The predicted molar refractivity (Wildman–Crippen MR) is 109 cm³/mol. The lowest BCUT2D eigenvalue weighted by molar-refractivity contribution is -0.123. The molecule has 0 radical (unpaired) electrons. The number of nitriles is 1. The Kier molecular flexibility index (Phi) is 6.06. The van der Waals surface area contributed by atoms with Crippen LogP contribution < -0.4 is 15.4 Å². The molecule has 150 valence electrons. The van der Waals surface area contributed by atoms with E-state index in [4.69, 9.17) is 10.00 Å². The third-order valence-corrected chi connectivity index (χ3v) is 5.86. The Hall–Kier alpha value is -2.91. The zero-order chi connectivity index (χ0) is 20.1. The number of carbonyl (C=O) groups is 1. The molecule has 2 aliphatic rings. The summed E-state index contributed by atoms with van der Waals surface area (Å²) in [6, 6.07) is 16.2. The Labute approximate surface area is 171 Å². The third-order valence-electron chi connectivity index (χ3n) is 5.86. The number of rotatable bonds is 5. The maximum absolute atomic E-state index is 12.7. The van der Waals surface area contributed by atoms with Crippen molar-refractivity contribution in [3.63, 3.8) is 0 Å². The lowest BCUT2D eigenvalue weighted by Gasteiger charge is -2.30. The van der Waals surface area contributed by atoms with E-state index in [0.717, 1.165) is 38.5 Å². The Morgan fingerprint density at radius 3 is 2.62 bits per heavy atom.